The number of halogens is 1. The van der Waals surface area contributed by atoms with Crippen molar-refractivity contribution in [2.24, 2.45) is 0 Å². The number of hydrogen-bond donors (Lipinski definition) is 1. The third kappa shape index (κ3) is 2.68. The lowest BCUT2D eigenvalue weighted by molar-refractivity contribution is 0.443. The van der Waals surface area contributed by atoms with Gasteiger partial charge in [0.05, 0.1) is 6.04 Å². The van der Waals surface area contributed by atoms with E-state index in [1.54, 1.807) is 35.2 Å². The number of fused-ring (bicyclic) bond motifs is 1. The van der Waals surface area contributed by atoms with Gasteiger partial charge in [0.15, 0.2) is 0 Å². The Labute approximate surface area is 120 Å². The second kappa shape index (κ2) is 5.61. The molecule has 1 aliphatic heterocycles. The average Bonchev–Trinajstić information content (AvgIpc) is 2.94. The van der Waals surface area contributed by atoms with Crippen molar-refractivity contribution in [2.45, 2.75) is 30.3 Å². The Hall–Kier alpha value is -0.910. The Balaban J connectivity index is 1.82. The van der Waals surface area contributed by atoms with Crippen LogP contribution in [0.3, 0.4) is 0 Å². The molecule has 2 heterocycles. The maximum atomic E-state index is 13.8. The molecule has 0 fully saturated rings. The molecular weight excluding hydrogens is 279 g/mol. The molecule has 2 unspecified atom stereocenters. The van der Waals surface area contributed by atoms with E-state index in [0.717, 1.165) is 27.6 Å². The summed E-state index contributed by atoms with van der Waals surface area (Å²) in [5.74, 6) is 0.854. The molecule has 0 saturated carbocycles. The van der Waals surface area contributed by atoms with Gasteiger partial charge in [-0.1, -0.05) is 12.1 Å². The number of rotatable bonds is 3. The third-order valence-electron chi connectivity index (χ3n) is 3.30. The standard InChI is InChI=1S/C14H15FN2S2/c1-9(14-16-6-8-19-14)17-12-5-7-18-13-10(12)3-2-4-11(13)15/h2-4,6,8-9,12,17H,5,7H2,1H3. The van der Waals surface area contributed by atoms with Gasteiger partial charge in [0.25, 0.3) is 0 Å². The minimum absolute atomic E-state index is 0.101. The summed E-state index contributed by atoms with van der Waals surface area (Å²) in [4.78, 5) is 5.14. The molecule has 0 bridgehead atoms. The van der Waals surface area contributed by atoms with E-state index in [0.29, 0.717) is 0 Å². The van der Waals surface area contributed by atoms with E-state index in [1.807, 2.05) is 17.6 Å². The molecule has 1 aliphatic rings. The summed E-state index contributed by atoms with van der Waals surface area (Å²) in [7, 11) is 0. The zero-order valence-corrected chi connectivity index (χ0v) is 12.2. The van der Waals surface area contributed by atoms with Gasteiger partial charge in [0.1, 0.15) is 10.8 Å². The lowest BCUT2D eigenvalue weighted by Gasteiger charge is -2.28. The smallest absolute Gasteiger partial charge is 0.137 e. The highest BCUT2D eigenvalue weighted by molar-refractivity contribution is 7.99. The van der Waals surface area contributed by atoms with E-state index in [9.17, 15) is 4.39 Å². The van der Waals surface area contributed by atoms with Gasteiger partial charge in [-0.15, -0.1) is 23.1 Å². The zero-order valence-electron chi connectivity index (χ0n) is 10.6. The van der Waals surface area contributed by atoms with Gasteiger partial charge in [-0.25, -0.2) is 9.37 Å². The van der Waals surface area contributed by atoms with Crippen LogP contribution in [0, 0.1) is 5.82 Å². The van der Waals surface area contributed by atoms with E-state index in [1.165, 1.54) is 0 Å². The van der Waals surface area contributed by atoms with Crippen LogP contribution in [0.25, 0.3) is 0 Å². The number of nitrogens with one attached hydrogen (secondary N) is 1. The zero-order chi connectivity index (χ0) is 13.2. The predicted octanol–water partition coefficient (Wildman–Crippen LogP) is 4.17. The number of hydrogen-bond acceptors (Lipinski definition) is 4. The number of nitrogens with zero attached hydrogens (tertiary/aromatic N) is 1. The molecule has 0 radical (unpaired) electrons. The van der Waals surface area contributed by atoms with Crippen LogP contribution in [-0.2, 0) is 0 Å². The number of thiazole rings is 1. The van der Waals surface area contributed by atoms with Crippen molar-refractivity contribution in [3.8, 4) is 0 Å². The highest BCUT2D eigenvalue weighted by atomic mass is 32.2. The molecular formula is C14H15FN2S2. The third-order valence-corrected chi connectivity index (χ3v) is 5.42. The SMILES string of the molecule is CC(NC1CCSc2c(F)cccc21)c1nccs1. The molecule has 1 N–H and O–H groups in total. The normalized spacial score (nSPS) is 20.0. The predicted molar refractivity (Wildman–Crippen MR) is 78.1 cm³/mol. The fourth-order valence-electron chi connectivity index (χ4n) is 2.38. The summed E-state index contributed by atoms with van der Waals surface area (Å²) >= 11 is 3.27. The molecule has 5 heteroatoms. The van der Waals surface area contributed by atoms with Gasteiger partial charge >= 0.3 is 0 Å². The summed E-state index contributed by atoms with van der Waals surface area (Å²) in [5.41, 5.74) is 1.08. The van der Waals surface area contributed by atoms with E-state index in [2.05, 4.69) is 17.2 Å². The monoisotopic (exact) mass is 294 g/mol. The number of benzene rings is 1. The van der Waals surface area contributed by atoms with Gasteiger partial charge in [-0.2, -0.15) is 0 Å². The topological polar surface area (TPSA) is 24.9 Å². The quantitative estimate of drug-likeness (QED) is 0.919. The van der Waals surface area contributed by atoms with Crippen LogP contribution < -0.4 is 5.32 Å². The maximum Gasteiger partial charge on any atom is 0.137 e. The van der Waals surface area contributed by atoms with Gasteiger partial charge in [-0.05, 0) is 30.7 Å². The number of aromatic nitrogens is 1. The van der Waals surface area contributed by atoms with Crippen molar-refractivity contribution in [2.75, 3.05) is 5.75 Å². The van der Waals surface area contributed by atoms with Gasteiger partial charge in [0.2, 0.25) is 0 Å². The maximum absolute atomic E-state index is 13.8. The van der Waals surface area contributed by atoms with Gasteiger partial charge < -0.3 is 5.32 Å². The Morgan fingerprint density at radius 1 is 1.47 bits per heavy atom. The van der Waals surface area contributed by atoms with E-state index in [-0.39, 0.29) is 17.9 Å². The van der Waals surface area contributed by atoms with Crippen molar-refractivity contribution in [1.29, 1.82) is 0 Å². The van der Waals surface area contributed by atoms with Crippen LogP contribution in [0.1, 0.15) is 36.0 Å². The van der Waals surface area contributed by atoms with Crippen LogP contribution >= 0.6 is 23.1 Å². The first kappa shape index (κ1) is 13.1. The molecule has 0 amide bonds. The molecule has 0 spiro atoms. The summed E-state index contributed by atoms with van der Waals surface area (Å²) in [6, 6.07) is 5.77. The van der Waals surface area contributed by atoms with Crippen LogP contribution in [0.5, 0.6) is 0 Å². The minimum Gasteiger partial charge on any atom is -0.301 e. The first-order chi connectivity index (χ1) is 9.25. The van der Waals surface area contributed by atoms with E-state index in [4.69, 9.17) is 0 Å². The Bertz CT molecular complexity index is 557. The molecule has 3 rings (SSSR count). The summed E-state index contributed by atoms with van der Waals surface area (Å²) in [6.07, 6.45) is 2.85. The second-order valence-electron chi connectivity index (χ2n) is 4.61. The lowest BCUT2D eigenvalue weighted by atomic mass is 10.0. The van der Waals surface area contributed by atoms with Crippen molar-refractivity contribution in [3.63, 3.8) is 0 Å². The molecule has 1 aromatic carbocycles. The molecule has 2 aromatic rings. The molecule has 19 heavy (non-hydrogen) atoms. The second-order valence-corrected chi connectivity index (χ2v) is 6.64. The number of thioether (sulfide) groups is 1. The van der Waals surface area contributed by atoms with Crippen molar-refractivity contribution < 1.29 is 4.39 Å². The average molecular weight is 294 g/mol. The fraction of sp³-hybridized carbons (Fsp3) is 0.357. The van der Waals surface area contributed by atoms with Crippen LogP contribution in [0.2, 0.25) is 0 Å². The summed E-state index contributed by atoms with van der Waals surface area (Å²) in [6.45, 7) is 2.11. The minimum atomic E-state index is -0.101. The molecule has 1 aromatic heterocycles. The van der Waals surface area contributed by atoms with Crippen molar-refractivity contribution in [3.05, 3.63) is 46.2 Å². The first-order valence-corrected chi connectivity index (χ1v) is 8.19. The van der Waals surface area contributed by atoms with Crippen molar-refractivity contribution >= 4 is 23.1 Å². The largest absolute Gasteiger partial charge is 0.301 e. The Morgan fingerprint density at radius 3 is 3.16 bits per heavy atom. The summed E-state index contributed by atoms with van der Waals surface area (Å²) < 4.78 is 13.8. The van der Waals surface area contributed by atoms with Crippen LogP contribution in [-0.4, -0.2) is 10.7 Å². The Morgan fingerprint density at radius 2 is 2.37 bits per heavy atom. The molecule has 2 atom stereocenters. The summed E-state index contributed by atoms with van der Waals surface area (Å²) in [5, 5.41) is 6.64. The van der Waals surface area contributed by atoms with Crippen LogP contribution in [0.4, 0.5) is 4.39 Å². The first-order valence-electron chi connectivity index (χ1n) is 6.32. The highest BCUT2D eigenvalue weighted by Crippen LogP contribution is 2.38. The Kier molecular flexibility index (Phi) is 3.86. The molecule has 100 valence electrons. The molecule has 0 aliphatic carbocycles. The molecule has 0 saturated heterocycles. The van der Waals surface area contributed by atoms with E-state index < -0.39 is 0 Å². The highest BCUT2D eigenvalue weighted by Gasteiger charge is 2.24. The molecule has 2 nitrogen and oxygen atoms in total. The van der Waals surface area contributed by atoms with Crippen molar-refractivity contribution in [1.82, 2.24) is 10.3 Å². The lowest BCUT2D eigenvalue weighted by Crippen LogP contribution is -2.27. The fourth-order valence-corrected chi connectivity index (χ4v) is 4.18. The van der Waals surface area contributed by atoms with Crippen LogP contribution in [0.15, 0.2) is 34.7 Å². The van der Waals surface area contributed by atoms with E-state index >= 15 is 0 Å². The van der Waals surface area contributed by atoms with Gasteiger partial charge in [0, 0.05) is 22.5 Å². The van der Waals surface area contributed by atoms with Gasteiger partial charge in [-0.3, -0.25) is 0 Å².